The Balaban J connectivity index is 2.24. The van der Waals surface area contributed by atoms with Gasteiger partial charge in [-0.2, -0.15) is 0 Å². The highest BCUT2D eigenvalue weighted by atomic mass is 19.1. The third-order valence-electron chi connectivity index (χ3n) is 2.75. The van der Waals surface area contributed by atoms with Gasteiger partial charge in [-0.25, -0.2) is 4.39 Å². The number of nitrogens with one attached hydrogen (secondary N) is 1. The lowest BCUT2D eigenvalue weighted by Gasteiger charge is -2.23. The fourth-order valence-corrected chi connectivity index (χ4v) is 2.03. The van der Waals surface area contributed by atoms with Gasteiger partial charge < -0.3 is 5.32 Å². The molecule has 0 aromatic heterocycles. The topological polar surface area (TPSA) is 66.5 Å². The number of Topliss-reactive ketones (excluding diaryl/α,β-unsaturated/α-hetero) is 1. The molecule has 2 amide bonds. The second kappa shape index (κ2) is 4.70. The van der Waals surface area contributed by atoms with Gasteiger partial charge in [-0.05, 0) is 39.0 Å². The largest absolute Gasteiger partial charge is 0.350 e. The van der Waals surface area contributed by atoms with Gasteiger partial charge in [-0.15, -0.1) is 0 Å². The van der Waals surface area contributed by atoms with Gasteiger partial charge >= 0.3 is 0 Å². The third-order valence-corrected chi connectivity index (χ3v) is 2.75. The number of amides is 2. The number of nitrogens with zero attached hydrogens (tertiary/aromatic N) is 1. The number of rotatable bonds is 2. The highest BCUT2D eigenvalue weighted by molar-refractivity contribution is 6.52. The average Bonchev–Trinajstić information content (AvgIpc) is 2.52. The van der Waals surface area contributed by atoms with Crippen LogP contribution < -0.4 is 10.2 Å². The molecule has 5 nitrogen and oxygen atoms in total. The summed E-state index contributed by atoms with van der Waals surface area (Å²) >= 11 is 0. The molecule has 0 spiro atoms. The standard InChI is InChI=1S/C14H15FN2O3/c1-14(2,3)16-11(18)7-17-10-5-4-8(15)6-9(10)12(19)13(17)20/h4-6H,7H2,1-3H3,(H,16,18). The molecule has 0 atom stereocenters. The summed E-state index contributed by atoms with van der Waals surface area (Å²) in [6, 6.07) is 3.49. The number of hydrogen-bond donors (Lipinski definition) is 1. The molecule has 1 aliphatic rings. The maximum absolute atomic E-state index is 13.1. The van der Waals surface area contributed by atoms with E-state index in [-0.39, 0.29) is 23.7 Å². The summed E-state index contributed by atoms with van der Waals surface area (Å²) < 4.78 is 13.1. The third kappa shape index (κ3) is 2.68. The Labute approximate surface area is 115 Å². The summed E-state index contributed by atoms with van der Waals surface area (Å²) in [4.78, 5) is 36.5. The molecule has 0 saturated carbocycles. The van der Waals surface area contributed by atoms with Gasteiger partial charge in [0.1, 0.15) is 12.4 Å². The van der Waals surface area contributed by atoms with E-state index in [1.165, 1.54) is 6.07 Å². The van der Waals surface area contributed by atoms with Crippen LogP contribution in [0.2, 0.25) is 0 Å². The Kier molecular flexibility index (Phi) is 3.33. The predicted octanol–water partition coefficient (Wildman–Crippen LogP) is 1.27. The molecule has 6 heteroatoms. The molecule has 106 valence electrons. The summed E-state index contributed by atoms with van der Waals surface area (Å²) in [7, 11) is 0. The maximum atomic E-state index is 13.1. The average molecular weight is 278 g/mol. The summed E-state index contributed by atoms with van der Waals surface area (Å²) in [6.07, 6.45) is 0. The van der Waals surface area contributed by atoms with Crippen molar-refractivity contribution in [2.75, 3.05) is 11.4 Å². The van der Waals surface area contributed by atoms with Gasteiger partial charge in [0.15, 0.2) is 0 Å². The van der Waals surface area contributed by atoms with Crippen molar-refractivity contribution < 1.29 is 18.8 Å². The molecule has 1 aromatic rings. The molecule has 1 aliphatic heterocycles. The number of fused-ring (bicyclic) bond motifs is 1. The molecule has 1 aromatic carbocycles. The summed E-state index contributed by atoms with van der Waals surface area (Å²) in [6.45, 7) is 5.17. The van der Waals surface area contributed by atoms with Crippen LogP contribution in [0.1, 0.15) is 31.1 Å². The first-order chi connectivity index (χ1) is 9.19. The van der Waals surface area contributed by atoms with Crippen molar-refractivity contribution in [2.45, 2.75) is 26.3 Å². The Morgan fingerprint density at radius 2 is 1.95 bits per heavy atom. The smallest absolute Gasteiger partial charge is 0.299 e. The van der Waals surface area contributed by atoms with Crippen molar-refractivity contribution in [3.05, 3.63) is 29.6 Å². The van der Waals surface area contributed by atoms with Crippen LogP contribution in [0.15, 0.2) is 18.2 Å². The van der Waals surface area contributed by atoms with Crippen LogP contribution in [0, 0.1) is 5.82 Å². The van der Waals surface area contributed by atoms with Crippen molar-refractivity contribution in [1.82, 2.24) is 5.32 Å². The first-order valence-corrected chi connectivity index (χ1v) is 6.16. The van der Waals surface area contributed by atoms with Gasteiger partial charge in [0.25, 0.3) is 11.7 Å². The summed E-state index contributed by atoms with van der Waals surface area (Å²) in [5.41, 5.74) is -0.167. The van der Waals surface area contributed by atoms with Crippen molar-refractivity contribution in [2.24, 2.45) is 0 Å². The Morgan fingerprint density at radius 1 is 1.30 bits per heavy atom. The van der Waals surface area contributed by atoms with E-state index in [4.69, 9.17) is 0 Å². The molecule has 2 rings (SSSR count). The number of hydrogen-bond acceptors (Lipinski definition) is 3. The monoisotopic (exact) mass is 278 g/mol. The van der Waals surface area contributed by atoms with Crippen LogP contribution in [0.25, 0.3) is 0 Å². The first kappa shape index (κ1) is 14.2. The zero-order chi connectivity index (χ0) is 15.1. The van der Waals surface area contributed by atoms with Crippen molar-refractivity contribution in [1.29, 1.82) is 0 Å². The van der Waals surface area contributed by atoms with E-state index in [2.05, 4.69) is 5.32 Å². The molecule has 0 fully saturated rings. The number of carbonyl (C=O) groups excluding carboxylic acids is 3. The number of ketones is 1. The number of benzene rings is 1. The minimum absolute atomic E-state index is 0.00133. The van der Waals surface area contributed by atoms with E-state index in [9.17, 15) is 18.8 Å². The maximum Gasteiger partial charge on any atom is 0.299 e. The number of carbonyl (C=O) groups is 3. The van der Waals surface area contributed by atoms with Gasteiger partial charge in [0.2, 0.25) is 5.91 Å². The molecule has 0 aliphatic carbocycles. The quantitative estimate of drug-likeness (QED) is 0.828. The van der Waals surface area contributed by atoms with E-state index in [0.717, 1.165) is 17.0 Å². The van der Waals surface area contributed by atoms with Gasteiger partial charge in [0.05, 0.1) is 11.3 Å². The molecule has 0 unspecified atom stereocenters. The first-order valence-electron chi connectivity index (χ1n) is 6.16. The Hall–Kier alpha value is -2.24. The van der Waals surface area contributed by atoms with E-state index in [0.29, 0.717) is 0 Å². The number of anilines is 1. The molecule has 1 heterocycles. The number of halogens is 1. The van der Waals surface area contributed by atoms with E-state index in [1.807, 2.05) is 20.8 Å². The van der Waals surface area contributed by atoms with Crippen molar-refractivity contribution in [3.63, 3.8) is 0 Å². The molecular weight excluding hydrogens is 263 g/mol. The Bertz CT molecular complexity index is 605. The minimum Gasteiger partial charge on any atom is -0.350 e. The second-order valence-corrected chi connectivity index (χ2v) is 5.68. The zero-order valence-electron chi connectivity index (χ0n) is 11.5. The highest BCUT2D eigenvalue weighted by Gasteiger charge is 2.37. The van der Waals surface area contributed by atoms with Crippen molar-refractivity contribution in [3.8, 4) is 0 Å². The van der Waals surface area contributed by atoms with Crippen LogP contribution >= 0.6 is 0 Å². The molecule has 20 heavy (non-hydrogen) atoms. The van der Waals surface area contributed by atoms with E-state index < -0.39 is 23.0 Å². The van der Waals surface area contributed by atoms with Crippen LogP contribution in [0.5, 0.6) is 0 Å². The van der Waals surface area contributed by atoms with Gasteiger partial charge in [-0.1, -0.05) is 0 Å². The normalized spacial score (nSPS) is 14.5. The molecule has 0 radical (unpaired) electrons. The second-order valence-electron chi connectivity index (χ2n) is 5.68. The molecule has 0 saturated heterocycles. The zero-order valence-corrected chi connectivity index (χ0v) is 11.5. The van der Waals surface area contributed by atoms with Gasteiger partial charge in [-0.3, -0.25) is 19.3 Å². The summed E-state index contributed by atoms with van der Waals surface area (Å²) in [5, 5.41) is 2.71. The fraction of sp³-hybridized carbons (Fsp3) is 0.357. The van der Waals surface area contributed by atoms with Gasteiger partial charge in [0, 0.05) is 5.54 Å². The van der Waals surface area contributed by atoms with Crippen LogP contribution in [-0.4, -0.2) is 29.7 Å². The van der Waals surface area contributed by atoms with E-state index in [1.54, 1.807) is 0 Å². The lowest BCUT2D eigenvalue weighted by molar-refractivity contribution is -0.123. The lowest BCUT2D eigenvalue weighted by atomic mass is 10.1. The lowest BCUT2D eigenvalue weighted by Crippen LogP contribution is -2.47. The highest BCUT2D eigenvalue weighted by Crippen LogP contribution is 2.29. The molecular formula is C14H15FN2O3. The fourth-order valence-electron chi connectivity index (χ4n) is 2.03. The Morgan fingerprint density at radius 3 is 2.55 bits per heavy atom. The molecule has 1 N–H and O–H groups in total. The van der Waals surface area contributed by atoms with E-state index >= 15 is 0 Å². The van der Waals surface area contributed by atoms with Crippen LogP contribution in [-0.2, 0) is 9.59 Å². The van der Waals surface area contributed by atoms with Crippen LogP contribution in [0.3, 0.4) is 0 Å². The SMILES string of the molecule is CC(C)(C)NC(=O)CN1C(=O)C(=O)c2cc(F)ccc21. The summed E-state index contributed by atoms with van der Waals surface area (Å²) in [5.74, 6) is -2.57. The predicted molar refractivity (Wildman–Crippen MR) is 71.0 cm³/mol. The minimum atomic E-state index is -0.811. The van der Waals surface area contributed by atoms with Crippen molar-refractivity contribution >= 4 is 23.3 Å². The molecule has 0 bridgehead atoms. The van der Waals surface area contributed by atoms with Crippen LogP contribution in [0.4, 0.5) is 10.1 Å².